The molecule has 26 heavy (non-hydrogen) atoms. The number of hydrogen-bond acceptors (Lipinski definition) is 4. The Bertz CT molecular complexity index is 783. The van der Waals surface area contributed by atoms with Gasteiger partial charge < -0.3 is 15.5 Å². The van der Waals surface area contributed by atoms with E-state index < -0.39 is 0 Å². The first-order chi connectivity index (χ1) is 12.6. The lowest BCUT2D eigenvalue weighted by atomic mass is 10.2. The number of rotatable bonds is 4. The third-order valence-electron chi connectivity index (χ3n) is 4.36. The molecule has 1 aliphatic rings. The SMILES string of the molecule is CC(=O)Nc1cccc(Nc2cc(C(=O)N3CCCCCC3)ccn2)c1. The molecule has 1 aliphatic heterocycles. The Balaban J connectivity index is 1.73. The molecular weight excluding hydrogens is 328 g/mol. The van der Waals surface area contributed by atoms with E-state index in [1.165, 1.54) is 19.8 Å². The molecule has 136 valence electrons. The van der Waals surface area contributed by atoms with Gasteiger partial charge in [-0.1, -0.05) is 18.9 Å². The minimum absolute atomic E-state index is 0.0596. The van der Waals surface area contributed by atoms with Crippen LogP contribution in [-0.4, -0.2) is 34.8 Å². The number of pyridine rings is 1. The second-order valence-electron chi connectivity index (χ2n) is 6.52. The summed E-state index contributed by atoms with van der Waals surface area (Å²) in [5, 5.41) is 5.94. The molecule has 3 rings (SSSR count). The Labute approximate surface area is 153 Å². The van der Waals surface area contributed by atoms with E-state index in [0.717, 1.165) is 31.6 Å². The summed E-state index contributed by atoms with van der Waals surface area (Å²) in [6, 6.07) is 10.9. The molecule has 2 heterocycles. The van der Waals surface area contributed by atoms with Crippen LogP contribution >= 0.6 is 0 Å². The topological polar surface area (TPSA) is 74.3 Å². The summed E-state index contributed by atoms with van der Waals surface area (Å²) in [7, 11) is 0. The number of carbonyl (C=O) groups excluding carboxylic acids is 2. The van der Waals surface area contributed by atoms with Crippen molar-refractivity contribution in [3.8, 4) is 0 Å². The first kappa shape index (κ1) is 17.9. The van der Waals surface area contributed by atoms with Gasteiger partial charge in [-0.2, -0.15) is 0 Å². The van der Waals surface area contributed by atoms with Crippen molar-refractivity contribution in [2.24, 2.45) is 0 Å². The van der Waals surface area contributed by atoms with Crippen LogP contribution in [0, 0.1) is 0 Å². The first-order valence-electron chi connectivity index (χ1n) is 9.02. The fourth-order valence-electron chi connectivity index (χ4n) is 3.11. The molecule has 1 aromatic carbocycles. The normalized spacial score (nSPS) is 14.4. The van der Waals surface area contributed by atoms with Gasteiger partial charge in [0, 0.05) is 43.1 Å². The second-order valence-corrected chi connectivity index (χ2v) is 6.52. The van der Waals surface area contributed by atoms with Crippen LogP contribution in [0.5, 0.6) is 0 Å². The molecule has 0 atom stereocenters. The van der Waals surface area contributed by atoms with Gasteiger partial charge in [-0.05, 0) is 43.2 Å². The van der Waals surface area contributed by atoms with Gasteiger partial charge in [-0.3, -0.25) is 9.59 Å². The number of benzene rings is 1. The lowest BCUT2D eigenvalue weighted by Gasteiger charge is -2.20. The smallest absolute Gasteiger partial charge is 0.254 e. The zero-order chi connectivity index (χ0) is 18.4. The molecule has 1 fully saturated rings. The fourth-order valence-corrected chi connectivity index (χ4v) is 3.11. The molecule has 0 spiro atoms. The van der Waals surface area contributed by atoms with Crippen LogP contribution in [0.1, 0.15) is 43.0 Å². The highest BCUT2D eigenvalue weighted by Gasteiger charge is 2.17. The van der Waals surface area contributed by atoms with Crippen LogP contribution in [0.4, 0.5) is 17.2 Å². The Morgan fingerprint density at radius 3 is 2.46 bits per heavy atom. The van der Waals surface area contributed by atoms with Crippen molar-refractivity contribution in [1.29, 1.82) is 0 Å². The number of nitrogens with zero attached hydrogens (tertiary/aromatic N) is 2. The van der Waals surface area contributed by atoms with E-state index in [-0.39, 0.29) is 11.8 Å². The standard InChI is InChI=1S/C20H24N4O2/c1-15(25)22-17-7-6-8-18(14-17)23-19-13-16(9-10-21-19)20(26)24-11-4-2-3-5-12-24/h6-10,13-14H,2-5,11-12H2,1H3,(H,21,23)(H,22,25). The van der Waals surface area contributed by atoms with Crippen LogP contribution < -0.4 is 10.6 Å². The predicted octanol–water partition coefficient (Wildman–Crippen LogP) is 3.80. The lowest BCUT2D eigenvalue weighted by molar-refractivity contribution is -0.114. The minimum Gasteiger partial charge on any atom is -0.340 e. The highest BCUT2D eigenvalue weighted by molar-refractivity contribution is 5.95. The van der Waals surface area contributed by atoms with Gasteiger partial charge in [-0.15, -0.1) is 0 Å². The molecule has 1 aromatic heterocycles. The minimum atomic E-state index is -0.120. The van der Waals surface area contributed by atoms with Crippen molar-refractivity contribution >= 4 is 29.0 Å². The number of likely N-dealkylation sites (tertiary alicyclic amines) is 1. The van der Waals surface area contributed by atoms with Crippen molar-refractivity contribution in [3.05, 3.63) is 48.2 Å². The van der Waals surface area contributed by atoms with E-state index in [9.17, 15) is 9.59 Å². The Hall–Kier alpha value is -2.89. The quantitative estimate of drug-likeness (QED) is 0.878. The van der Waals surface area contributed by atoms with Gasteiger partial charge in [-0.25, -0.2) is 4.98 Å². The third-order valence-corrected chi connectivity index (χ3v) is 4.36. The number of hydrogen-bond donors (Lipinski definition) is 2. The van der Waals surface area contributed by atoms with E-state index in [1.807, 2.05) is 29.2 Å². The monoisotopic (exact) mass is 352 g/mol. The Kier molecular flexibility index (Phi) is 5.84. The van der Waals surface area contributed by atoms with Gasteiger partial charge in [0.2, 0.25) is 5.91 Å². The molecule has 0 bridgehead atoms. The van der Waals surface area contributed by atoms with Crippen molar-refractivity contribution in [2.75, 3.05) is 23.7 Å². The average Bonchev–Trinajstić information content (AvgIpc) is 2.90. The van der Waals surface area contributed by atoms with E-state index in [1.54, 1.807) is 18.3 Å². The zero-order valence-electron chi connectivity index (χ0n) is 15.0. The molecule has 1 saturated heterocycles. The van der Waals surface area contributed by atoms with Gasteiger partial charge >= 0.3 is 0 Å². The van der Waals surface area contributed by atoms with Crippen molar-refractivity contribution in [2.45, 2.75) is 32.6 Å². The lowest BCUT2D eigenvalue weighted by Crippen LogP contribution is -2.31. The number of amides is 2. The number of aromatic nitrogens is 1. The van der Waals surface area contributed by atoms with Crippen molar-refractivity contribution in [3.63, 3.8) is 0 Å². The molecule has 2 N–H and O–H groups in total. The van der Waals surface area contributed by atoms with E-state index in [4.69, 9.17) is 0 Å². The molecule has 0 radical (unpaired) electrons. The highest BCUT2D eigenvalue weighted by Crippen LogP contribution is 2.20. The van der Waals surface area contributed by atoms with Gasteiger partial charge in [0.1, 0.15) is 5.82 Å². The summed E-state index contributed by atoms with van der Waals surface area (Å²) in [5.74, 6) is 0.542. The van der Waals surface area contributed by atoms with E-state index in [0.29, 0.717) is 17.1 Å². The molecular formula is C20H24N4O2. The van der Waals surface area contributed by atoms with E-state index in [2.05, 4.69) is 15.6 Å². The van der Waals surface area contributed by atoms with E-state index >= 15 is 0 Å². The highest BCUT2D eigenvalue weighted by atomic mass is 16.2. The summed E-state index contributed by atoms with van der Waals surface area (Å²) in [5.41, 5.74) is 2.14. The summed E-state index contributed by atoms with van der Waals surface area (Å²) >= 11 is 0. The van der Waals surface area contributed by atoms with Gasteiger partial charge in [0.25, 0.3) is 5.91 Å². The number of carbonyl (C=O) groups is 2. The predicted molar refractivity (Wildman–Crippen MR) is 103 cm³/mol. The number of nitrogens with one attached hydrogen (secondary N) is 2. The maximum atomic E-state index is 12.8. The Morgan fingerprint density at radius 2 is 1.73 bits per heavy atom. The summed E-state index contributed by atoms with van der Waals surface area (Å²) in [6.07, 6.45) is 6.16. The maximum Gasteiger partial charge on any atom is 0.254 e. The van der Waals surface area contributed by atoms with Crippen LogP contribution in [0.2, 0.25) is 0 Å². The molecule has 0 aliphatic carbocycles. The molecule has 0 unspecified atom stereocenters. The molecule has 2 aromatic rings. The van der Waals surface area contributed by atoms with Gasteiger partial charge in [0.05, 0.1) is 0 Å². The van der Waals surface area contributed by atoms with Crippen molar-refractivity contribution in [1.82, 2.24) is 9.88 Å². The third kappa shape index (κ3) is 4.81. The molecule has 0 saturated carbocycles. The second kappa shape index (κ2) is 8.47. The van der Waals surface area contributed by atoms with Gasteiger partial charge in [0.15, 0.2) is 0 Å². The Morgan fingerprint density at radius 1 is 1.00 bits per heavy atom. The van der Waals surface area contributed by atoms with Crippen LogP contribution in [-0.2, 0) is 4.79 Å². The molecule has 6 nitrogen and oxygen atoms in total. The average molecular weight is 352 g/mol. The largest absolute Gasteiger partial charge is 0.340 e. The zero-order valence-corrected chi connectivity index (χ0v) is 15.0. The fraction of sp³-hybridized carbons (Fsp3) is 0.350. The summed E-state index contributed by atoms with van der Waals surface area (Å²) in [4.78, 5) is 30.2. The maximum absolute atomic E-state index is 12.8. The first-order valence-corrected chi connectivity index (χ1v) is 9.02. The summed E-state index contributed by atoms with van der Waals surface area (Å²) in [6.45, 7) is 3.12. The molecule has 6 heteroatoms. The van der Waals surface area contributed by atoms with Crippen LogP contribution in [0.3, 0.4) is 0 Å². The molecule has 2 amide bonds. The number of anilines is 3. The summed E-state index contributed by atoms with van der Waals surface area (Å²) < 4.78 is 0. The van der Waals surface area contributed by atoms with Crippen molar-refractivity contribution < 1.29 is 9.59 Å². The van der Waals surface area contributed by atoms with Crippen LogP contribution in [0.25, 0.3) is 0 Å². The van der Waals surface area contributed by atoms with Crippen LogP contribution in [0.15, 0.2) is 42.6 Å².